The van der Waals surface area contributed by atoms with E-state index in [9.17, 15) is 14.4 Å². The fourth-order valence-corrected chi connectivity index (χ4v) is 0.324. The van der Waals surface area contributed by atoms with Crippen molar-refractivity contribution in [1.29, 1.82) is 0 Å². The molecule has 0 amide bonds. The largest absolute Gasteiger partial charge is 0.481 e. The molecule has 15 heavy (non-hydrogen) atoms. The monoisotopic (exact) mass is 220 g/mol. The van der Waals surface area contributed by atoms with Gasteiger partial charge in [0.1, 0.15) is 6.04 Å². The number of carboxylic acids is 2. The quantitative estimate of drug-likeness (QED) is 0.328. The van der Waals surface area contributed by atoms with Crippen LogP contribution in [0.4, 0.5) is 0 Å². The third kappa shape index (κ3) is 12.1. The molecular weight excluding hydrogens is 208 g/mol. The zero-order valence-corrected chi connectivity index (χ0v) is 7.75. The second kappa shape index (κ2) is 8.66. The topological polar surface area (TPSA) is 153 Å². The molecule has 8 nitrogen and oxygen atoms in total. The number of hydrogen-bond donors (Lipinski definition) is 4. The van der Waals surface area contributed by atoms with Gasteiger partial charge < -0.3 is 20.8 Å². The fraction of sp³-hybridized carbons (Fsp3) is 0.286. The predicted octanol–water partition coefficient (Wildman–Crippen LogP) is -1.54. The number of rotatable bonds is 4. The van der Waals surface area contributed by atoms with Crippen molar-refractivity contribution in [2.24, 2.45) is 11.6 Å². The third-order valence-electron chi connectivity index (χ3n) is 0.995. The smallest absolute Gasteiger partial charge is 0.348 e. The highest BCUT2D eigenvalue weighted by Gasteiger charge is 2.14. The highest BCUT2D eigenvalue weighted by molar-refractivity contribution is 5.80. The van der Waals surface area contributed by atoms with Crippen LogP contribution in [0.5, 0.6) is 0 Å². The molecular formula is C7H12N2O6. The molecule has 0 aliphatic heterocycles. The van der Waals surface area contributed by atoms with Crippen molar-refractivity contribution in [3.63, 3.8) is 0 Å². The Hall–Kier alpha value is -1.93. The Kier molecular flexibility index (Phi) is 8.97. The van der Waals surface area contributed by atoms with E-state index in [4.69, 9.17) is 15.9 Å². The average Bonchev–Trinajstić information content (AvgIpc) is 2.16. The zero-order valence-electron chi connectivity index (χ0n) is 7.75. The van der Waals surface area contributed by atoms with E-state index >= 15 is 0 Å². The number of carbonyl (C=O) groups excluding carboxylic acids is 1. The van der Waals surface area contributed by atoms with E-state index in [1.807, 2.05) is 0 Å². The van der Waals surface area contributed by atoms with Crippen molar-refractivity contribution in [2.45, 2.75) is 12.5 Å². The lowest BCUT2D eigenvalue weighted by Crippen LogP contribution is -2.32. The number of carboxylic acid groups (broad SMARTS) is 2. The van der Waals surface area contributed by atoms with E-state index in [0.717, 1.165) is 6.08 Å². The van der Waals surface area contributed by atoms with E-state index < -0.39 is 30.4 Å². The van der Waals surface area contributed by atoms with Crippen LogP contribution < -0.4 is 11.6 Å². The van der Waals surface area contributed by atoms with Crippen LogP contribution in [0, 0.1) is 0 Å². The van der Waals surface area contributed by atoms with Crippen LogP contribution in [-0.2, 0) is 19.2 Å². The first-order chi connectivity index (χ1) is 6.84. The summed E-state index contributed by atoms with van der Waals surface area (Å²) < 4.78 is 0. The number of aliphatic carboxylic acids is 2. The van der Waals surface area contributed by atoms with E-state index in [2.05, 4.69) is 17.3 Å². The lowest BCUT2D eigenvalue weighted by Gasteiger charge is -1.99. The maximum absolute atomic E-state index is 9.85. The summed E-state index contributed by atoms with van der Waals surface area (Å²) >= 11 is 0. The number of carbonyl (C=O) groups is 3. The molecule has 0 unspecified atom stereocenters. The van der Waals surface area contributed by atoms with Gasteiger partial charge in [-0.25, -0.2) is 4.79 Å². The summed E-state index contributed by atoms with van der Waals surface area (Å²) in [4.78, 5) is 33.0. The molecule has 0 aromatic heterocycles. The first-order valence-corrected chi connectivity index (χ1v) is 3.58. The standard InChI is InChI=1S/C4H7NO4.C3H5NO2/c5-2(4(8)9)1-3(6)7;1-2-3(5)6-4/h2H,1,5H2,(H,6,7)(H,8,9);2H,1,4H2/t2-;/m0./s1. The van der Waals surface area contributed by atoms with Gasteiger partial charge in [0.05, 0.1) is 6.42 Å². The lowest BCUT2D eigenvalue weighted by molar-refractivity contribution is -0.144. The molecule has 86 valence electrons. The molecule has 0 fully saturated rings. The predicted molar refractivity (Wildman–Crippen MR) is 48.3 cm³/mol. The van der Waals surface area contributed by atoms with Crippen molar-refractivity contribution in [3.05, 3.63) is 12.7 Å². The van der Waals surface area contributed by atoms with Crippen LogP contribution in [0.3, 0.4) is 0 Å². The summed E-state index contributed by atoms with van der Waals surface area (Å²) in [6, 6.07) is -1.29. The van der Waals surface area contributed by atoms with E-state index in [-0.39, 0.29) is 0 Å². The van der Waals surface area contributed by atoms with Gasteiger partial charge in [-0.05, 0) is 0 Å². The van der Waals surface area contributed by atoms with Gasteiger partial charge in [0.25, 0.3) is 0 Å². The number of nitrogens with two attached hydrogens (primary N) is 2. The highest BCUT2D eigenvalue weighted by atomic mass is 16.7. The van der Waals surface area contributed by atoms with Crippen molar-refractivity contribution < 1.29 is 29.4 Å². The van der Waals surface area contributed by atoms with E-state index in [1.165, 1.54) is 0 Å². The van der Waals surface area contributed by atoms with Gasteiger partial charge in [-0.15, -0.1) is 0 Å². The van der Waals surface area contributed by atoms with Crippen LogP contribution in [0.2, 0.25) is 0 Å². The van der Waals surface area contributed by atoms with Gasteiger partial charge in [-0.3, -0.25) is 9.59 Å². The first-order valence-electron chi connectivity index (χ1n) is 3.58. The molecule has 0 aromatic rings. The van der Waals surface area contributed by atoms with Crippen molar-refractivity contribution >= 4 is 17.9 Å². The molecule has 0 saturated carbocycles. The van der Waals surface area contributed by atoms with Crippen LogP contribution in [0.15, 0.2) is 12.7 Å². The molecule has 8 heteroatoms. The zero-order chi connectivity index (χ0) is 12.4. The second-order valence-electron chi connectivity index (χ2n) is 2.18. The Bertz CT molecular complexity index is 252. The molecule has 0 aliphatic rings. The van der Waals surface area contributed by atoms with Crippen LogP contribution in [-0.4, -0.2) is 34.2 Å². The fourth-order valence-electron chi connectivity index (χ4n) is 0.324. The minimum Gasteiger partial charge on any atom is -0.481 e. The molecule has 0 spiro atoms. The minimum atomic E-state index is -1.29. The third-order valence-corrected chi connectivity index (χ3v) is 0.995. The molecule has 0 aromatic carbocycles. The van der Waals surface area contributed by atoms with Crippen molar-refractivity contribution in [3.8, 4) is 0 Å². The summed E-state index contributed by atoms with van der Waals surface area (Å²) in [7, 11) is 0. The van der Waals surface area contributed by atoms with Crippen molar-refractivity contribution in [1.82, 2.24) is 0 Å². The van der Waals surface area contributed by atoms with Gasteiger partial charge in [0, 0.05) is 6.08 Å². The van der Waals surface area contributed by atoms with Crippen molar-refractivity contribution in [2.75, 3.05) is 0 Å². The summed E-state index contributed by atoms with van der Waals surface area (Å²) in [6.45, 7) is 3.08. The van der Waals surface area contributed by atoms with Crippen LogP contribution in [0.25, 0.3) is 0 Å². The van der Waals surface area contributed by atoms with E-state index in [0.29, 0.717) is 0 Å². The summed E-state index contributed by atoms with van der Waals surface area (Å²) in [5.74, 6) is 1.25. The van der Waals surface area contributed by atoms with Crippen LogP contribution >= 0.6 is 0 Å². The first kappa shape index (κ1) is 15.5. The molecule has 0 rings (SSSR count). The molecule has 0 radical (unpaired) electrons. The Morgan fingerprint density at radius 2 is 1.87 bits per heavy atom. The molecule has 0 aliphatic carbocycles. The normalized spacial score (nSPS) is 10.3. The van der Waals surface area contributed by atoms with E-state index in [1.54, 1.807) is 0 Å². The SMILES string of the molecule is C=CC(=O)ON.N[C@@H](CC(=O)O)C(=O)O. The van der Waals surface area contributed by atoms with Crippen LogP contribution in [0.1, 0.15) is 6.42 Å². The molecule has 0 bridgehead atoms. The van der Waals surface area contributed by atoms with Gasteiger partial charge in [-0.1, -0.05) is 6.58 Å². The van der Waals surface area contributed by atoms with Gasteiger partial charge in [-0.2, -0.15) is 5.90 Å². The molecule has 6 N–H and O–H groups in total. The average molecular weight is 220 g/mol. The Labute approximate surface area is 85.1 Å². The summed E-state index contributed by atoms with van der Waals surface area (Å²) in [5, 5.41) is 16.0. The van der Waals surface area contributed by atoms with Gasteiger partial charge in [0.2, 0.25) is 0 Å². The summed E-state index contributed by atoms with van der Waals surface area (Å²) in [6.07, 6.45) is 0.454. The van der Waals surface area contributed by atoms with Gasteiger partial charge >= 0.3 is 17.9 Å². The highest BCUT2D eigenvalue weighted by Crippen LogP contribution is 1.86. The Balaban J connectivity index is 0. The lowest BCUT2D eigenvalue weighted by atomic mass is 10.2. The maximum atomic E-state index is 9.85. The Morgan fingerprint density at radius 3 is 1.93 bits per heavy atom. The maximum Gasteiger partial charge on any atom is 0.348 e. The molecule has 0 saturated heterocycles. The molecule has 1 atom stereocenters. The minimum absolute atomic E-state index is 0.532. The number of hydrogen-bond acceptors (Lipinski definition) is 6. The van der Waals surface area contributed by atoms with Gasteiger partial charge in [0.15, 0.2) is 0 Å². The molecule has 0 heterocycles. The Morgan fingerprint density at radius 1 is 1.40 bits per heavy atom. The second-order valence-corrected chi connectivity index (χ2v) is 2.18. The summed E-state index contributed by atoms with van der Waals surface area (Å²) in [5.41, 5.74) is 4.84.